The molecular formula is C30H41ClF6N2O12S2. The first-order valence-corrected chi connectivity index (χ1v) is 19.2. The highest BCUT2D eigenvalue weighted by molar-refractivity contribution is 8.13. The SMILES string of the molecule is CC(C)(C)OC(=O)N[C@@H](CO)c1cccc(OC(F)(F)F)c1.CC(C)(C)OC(=O)N[C@@H](COS(C)(=O)=O)c1cccc(OC(F)(F)F)c1.CS(=O)(=O)Cl. The molecule has 14 nitrogen and oxygen atoms in total. The smallest absolute Gasteiger partial charge is 0.444 e. The van der Waals surface area contributed by atoms with E-state index in [1.807, 2.05) is 0 Å². The van der Waals surface area contributed by atoms with Crippen molar-refractivity contribution < 1.29 is 81.0 Å². The van der Waals surface area contributed by atoms with Gasteiger partial charge in [-0.05, 0) is 76.9 Å². The Labute approximate surface area is 307 Å². The van der Waals surface area contributed by atoms with Crippen LogP contribution >= 0.6 is 10.7 Å². The number of ether oxygens (including phenoxy) is 4. The number of carbonyl (C=O) groups excluding carboxylic acids is 2. The van der Waals surface area contributed by atoms with Crippen molar-refractivity contribution >= 4 is 42.0 Å². The van der Waals surface area contributed by atoms with E-state index >= 15 is 0 Å². The fourth-order valence-corrected chi connectivity index (χ4v) is 3.79. The molecule has 0 aliphatic heterocycles. The molecule has 0 saturated carbocycles. The topological polar surface area (TPSA) is 193 Å². The summed E-state index contributed by atoms with van der Waals surface area (Å²) in [6, 6.07) is 7.74. The Morgan fingerprint density at radius 2 is 1.06 bits per heavy atom. The number of hydrogen-bond donors (Lipinski definition) is 3. The zero-order chi connectivity index (χ0) is 41.6. The zero-order valence-corrected chi connectivity index (χ0v) is 32.0. The van der Waals surface area contributed by atoms with Gasteiger partial charge in [-0.3, -0.25) is 4.18 Å². The number of carbonyl (C=O) groups is 2. The minimum atomic E-state index is -4.89. The third kappa shape index (κ3) is 28.4. The van der Waals surface area contributed by atoms with Gasteiger partial charge in [-0.15, -0.1) is 26.3 Å². The summed E-state index contributed by atoms with van der Waals surface area (Å²) in [5, 5.41) is 14.1. The molecule has 304 valence electrons. The number of alkyl halides is 6. The average Bonchev–Trinajstić information content (AvgIpc) is 2.89. The van der Waals surface area contributed by atoms with Crippen LogP contribution in [0.1, 0.15) is 64.8 Å². The molecule has 0 heterocycles. The van der Waals surface area contributed by atoms with Crippen molar-refractivity contribution in [2.24, 2.45) is 0 Å². The van der Waals surface area contributed by atoms with Gasteiger partial charge in [0.1, 0.15) is 22.7 Å². The summed E-state index contributed by atoms with van der Waals surface area (Å²) in [4.78, 5) is 23.6. The van der Waals surface area contributed by atoms with Crippen LogP contribution in [0.2, 0.25) is 0 Å². The summed E-state index contributed by atoms with van der Waals surface area (Å²) in [7, 11) is -2.53. The van der Waals surface area contributed by atoms with Crippen LogP contribution in [-0.2, 0) is 32.8 Å². The second-order valence-corrected chi connectivity index (χ2v) is 17.2. The summed E-state index contributed by atoms with van der Waals surface area (Å²) >= 11 is 0. The molecule has 3 N–H and O–H groups in total. The van der Waals surface area contributed by atoms with Crippen molar-refractivity contribution in [2.75, 3.05) is 25.7 Å². The summed E-state index contributed by atoms with van der Waals surface area (Å²) in [6.07, 6.45) is -9.65. The van der Waals surface area contributed by atoms with E-state index in [-0.39, 0.29) is 11.1 Å². The van der Waals surface area contributed by atoms with E-state index in [2.05, 4.69) is 35.0 Å². The lowest BCUT2D eigenvalue weighted by Gasteiger charge is -2.24. The maximum Gasteiger partial charge on any atom is 0.573 e. The minimum absolute atomic E-state index is 0.140. The van der Waals surface area contributed by atoms with Gasteiger partial charge < -0.3 is 34.7 Å². The van der Waals surface area contributed by atoms with E-state index in [0.717, 1.165) is 36.8 Å². The zero-order valence-electron chi connectivity index (χ0n) is 29.6. The first-order valence-electron chi connectivity index (χ1n) is 14.7. The maximum atomic E-state index is 12.4. The van der Waals surface area contributed by atoms with E-state index in [9.17, 15) is 57.9 Å². The van der Waals surface area contributed by atoms with E-state index in [1.165, 1.54) is 24.3 Å². The monoisotopic (exact) mass is 834 g/mol. The van der Waals surface area contributed by atoms with Gasteiger partial charge in [0, 0.05) is 10.7 Å². The first-order chi connectivity index (χ1) is 23.6. The van der Waals surface area contributed by atoms with Crippen molar-refractivity contribution in [1.82, 2.24) is 10.6 Å². The third-order valence-electron chi connectivity index (χ3n) is 5.00. The predicted octanol–water partition coefficient (Wildman–Crippen LogP) is 6.46. The average molecular weight is 835 g/mol. The standard InChI is InChI=1S/C15H20F3NO6S.C14H18F3NO4.CH3ClO2S/c1-14(2,3)25-13(20)19-12(9-23-26(4,21)22)10-6-5-7-11(8-10)24-15(16,17)18;1-13(2,3)22-12(20)18-11(8-19)9-5-4-6-10(7-9)21-14(15,16)17;1-5(2,3)4/h5-8,12H,9H2,1-4H3,(H,19,20);4-7,11,19H,8H2,1-3H3,(H,18,20);1H3/t12-;11-;/m00./s1. The van der Waals surface area contributed by atoms with Crippen LogP contribution < -0.4 is 20.1 Å². The molecule has 0 saturated heterocycles. The molecule has 53 heavy (non-hydrogen) atoms. The molecule has 0 bridgehead atoms. The Kier molecular flexibility index (Phi) is 18.7. The lowest BCUT2D eigenvalue weighted by atomic mass is 10.1. The maximum absolute atomic E-state index is 12.4. The van der Waals surface area contributed by atoms with Crippen LogP contribution in [0.4, 0.5) is 35.9 Å². The van der Waals surface area contributed by atoms with Gasteiger partial charge >= 0.3 is 24.9 Å². The van der Waals surface area contributed by atoms with Gasteiger partial charge in [0.15, 0.2) is 0 Å². The first kappa shape index (κ1) is 49.3. The second-order valence-electron chi connectivity index (χ2n) is 12.5. The van der Waals surface area contributed by atoms with Crippen LogP contribution in [0.5, 0.6) is 11.5 Å². The summed E-state index contributed by atoms with van der Waals surface area (Å²) in [6.45, 7) is 8.81. The number of rotatable bonds is 10. The molecule has 2 aromatic carbocycles. The molecule has 2 aromatic rings. The molecular weight excluding hydrogens is 794 g/mol. The molecule has 0 fully saturated rings. The van der Waals surface area contributed by atoms with Gasteiger partial charge in [-0.2, -0.15) is 8.42 Å². The number of halogens is 7. The molecule has 0 unspecified atom stereocenters. The molecule has 2 amide bonds. The number of aliphatic hydroxyl groups excluding tert-OH is 1. The molecule has 23 heteroatoms. The van der Waals surface area contributed by atoms with Crippen LogP contribution in [0.3, 0.4) is 0 Å². The lowest BCUT2D eigenvalue weighted by Crippen LogP contribution is -2.37. The Morgan fingerprint density at radius 1 is 0.717 bits per heavy atom. The van der Waals surface area contributed by atoms with Crippen molar-refractivity contribution in [3.63, 3.8) is 0 Å². The molecule has 0 aliphatic carbocycles. The van der Waals surface area contributed by atoms with Crippen molar-refractivity contribution in [3.05, 3.63) is 59.7 Å². The summed E-state index contributed by atoms with van der Waals surface area (Å²) in [5.41, 5.74) is -1.16. The number of nitrogens with one attached hydrogen (secondary N) is 2. The number of hydrogen-bond acceptors (Lipinski definition) is 12. The number of alkyl carbamates (subject to hydrolysis) is 2. The summed E-state index contributed by atoms with van der Waals surface area (Å²) in [5.74, 6) is -0.959. The largest absolute Gasteiger partial charge is 0.573 e. The Bertz CT molecular complexity index is 1690. The Morgan fingerprint density at radius 3 is 1.36 bits per heavy atom. The molecule has 2 rings (SSSR count). The van der Waals surface area contributed by atoms with Gasteiger partial charge in [-0.1, -0.05) is 24.3 Å². The minimum Gasteiger partial charge on any atom is -0.444 e. The van der Waals surface area contributed by atoms with Gasteiger partial charge in [-0.25, -0.2) is 18.0 Å². The van der Waals surface area contributed by atoms with E-state index in [0.29, 0.717) is 0 Å². The highest BCUT2D eigenvalue weighted by Crippen LogP contribution is 2.27. The molecule has 2 atom stereocenters. The quantitative estimate of drug-likeness (QED) is 0.135. The molecule has 0 aromatic heterocycles. The number of benzene rings is 2. The lowest BCUT2D eigenvalue weighted by molar-refractivity contribution is -0.275. The van der Waals surface area contributed by atoms with Crippen molar-refractivity contribution in [3.8, 4) is 11.5 Å². The fourth-order valence-electron chi connectivity index (χ4n) is 3.40. The number of aliphatic hydroxyl groups is 1. The van der Waals surface area contributed by atoms with Crippen LogP contribution in [0, 0.1) is 0 Å². The normalized spacial score (nSPS) is 13.4. The third-order valence-corrected chi connectivity index (χ3v) is 5.57. The highest BCUT2D eigenvalue weighted by Gasteiger charge is 2.32. The fraction of sp³-hybridized carbons (Fsp3) is 0.533. The van der Waals surface area contributed by atoms with Crippen molar-refractivity contribution in [2.45, 2.75) is 77.6 Å². The van der Waals surface area contributed by atoms with Crippen molar-refractivity contribution in [1.29, 1.82) is 0 Å². The molecule has 0 aliphatic rings. The van der Waals surface area contributed by atoms with Gasteiger partial charge in [0.2, 0.25) is 9.05 Å². The van der Waals surface area contributed by atoms with E-state index in [1.54, 1.807) is 41.5 Å². The Balaban J connectivity index is 0.000000913. The molecule has 0 spiro atoms. The van der Waals surface area contributed by atoms with Gasteiger partial charge in [0.25, 0.3) is 10.1 Å². The van der Waals surface area contributed by atoms with Crippen LogP contribution in [0.25, 0.3) is 0 Å². The van der Waals surface area contributed by atoms with Crippen LogP contribution in [-0.4, -0.2) is 83.8 Å². The number of amides is 2. The van der Waals surface area contributed by atoms with Crippen LogP contribution in [0.15, 0.2) is 48.5 Å². The Hall–Kier alpha value is -3.73. The molecule has 0 radical (unpaired) electrons. The van der Waals surface area contributed by atoms with E-state index in [4.69, 9.17) is 9.47 Å². The van der Waals surface area contributed by atoms with Gasteiger partial charge in [0.05, 0.1) is 37.8 Å². The predicted molar refractivity (Wildman–Crippen MR) is 179 cm³/mol. The second kappa shape index (κ2) is 20.1. The highest BCUT2D eigenvalue weighted by atomic mass is 35.7. The summed E-state index contributed by atoms with van der Waals surface area (Å²) < 4.78 is 137. The van der Waals surface area contributed by atoms with E-state index < -0.39 is 92.1 Å².